The zero-order chi connectivity index (χ0) is 24.8. The van der Waals surface area contributed by atoms with E-state index >= 15 is 0 Å². The number of para-hydroxylation sites is 1. The molecule has 0 fully saturated rings. The maximum atomic E-state index is 14.6. The Morgan fingerprint density at radius 3 is 2.43 bits per heavy atom. The normalized spacial score (nSPS) is 26.3. The van der Waals surface area contributed by atoms with Crippen molar-refractivity contribution in [3.63, 3.8) is 0 Å². The van der Waals surface area contributed by atoms with E-state index in [2.05, 4.69) is 25.1 Å². The van der Waals surface area contributed by atoms with Gasteiger partial charge >= 0.3 is 0 Å². The molecular formula is C29H25N5O. The molecule has 1 amide bonds. The Balaban J connectivity index is 1.77. The number of hydrogen-bond donors (Lipinski definition) is 1. The Kier molecular flexibility index (Phi) is 5.23. The van der Waals surface area contributed by atoms with Crippen LogP contribution in [0.3, 0.4) is 0 Å². The standard InChI is InChI=1S/C29H25N5O/c1-19-11-12-21-22(16-30)26(33)28(17-31,18-32)29(24(21)15-19)23-9-5-6-10-25(23)34(27(29)35)14-13-20-7-3-2-4-8-20/h2-10,12,19,24H,11,13-15,33H2,1H3/t19-,24+,29-/m1/s1. The Morgan fingerprint density at radius 2 is 1.74 bits per heavy atom. The SMILES string of the molecule is C[C@@H]1CC=C2C(C#N)=C(N)C(C#N)(C#N)[C@@]3(C(=O)N(CCc4ccccc4)c4ccccc43)[C@H]2C1. The molecule has 1 aliphatic heterocycles. The minimum atomic E-state index is -1.99. The van der Waals surface area contributed by atoms with Crippen LogP contribution in [0.25, 0.3) is 0 Å². The van der Waals surface area contributed by atoms with E-state index in [9.17, 15) is 20.6 Å². The van der Waals surface area contributed by atoms with Gasteiger partial charge in [0.05, 0.1) is 23.4 Å². The summed E-state index contributed by atoms with van der Waals surface area (Å²) in [6.07, 6.45) is 3.94. The third-order valence-electron chi connectivity index (χ3n) is 7.95. The molecule has 2 aliphatic carbocycles. The van der Waals surface area contributed by atoms with Crippen LogP contribution < -0.4 is 10.6 Å². The number of nitriles is 3. The minimum Gasteiger partial charge on any atom is -0.399 e. The number of anilines is 1. The van der Waals surface area contributed by atoms with Crippen LogP contribution in [0.1, 0.15) is 30.9 Å². The van der Waals surface area contributed by atoms with Gasteiger partial charge in [-0.1, -0.05) is 61.5 Å². The summed E-state index contributed by atoms with van der Waals surface area (Å²) < 4.78 is 0. The van der Waals surface area contributed by atoms with Crippen LogP contribution in [-0.2, 0) is 16.6 Å². The Hall–Kier alpha value is -4.34. The molecule has 3 atom stereocenters. The van der Waals surface area contributed by atoms with Gasteiger partial charge in [0.1, 0.15) is 11.5 Å². The summed E-state index contributed by atoms with van der Waals surface area (Å²) in [4.78, 5) is 16.3. The van der Waals surface area contributed by atoms with E-state index in [4.69, 9.17) is 5.73 Å². The predicted octanol–water partition coefficient (Wildman–Crippen LogP) is 4.27. The van der Waals surface area contributed by atoms with Crippen molar-refractivity contribution in [2.75, 3.05) is 11.4 Å². The molecule has 2 aromatic carbocycles. The highest BCUT2D eigenvalue weighted by molar-refractivity contribution is 6.11. The van der Waals surface area contributed by atoms with Crippen LogP contribution in [0.5, 0.6) is 0 Å². The fourth-order valence-electron chi connectivity index (χ4n) is 6.33. The van der Waals surface area contributed by atoms with Crippen LogP contribution in [0.4, 0.5) is 5.69 Å². The van der Waals surface area contributed by atoms with Crippen molar-refractivity contribution in [3.05, 3.63) is 88.6 Å². The molecule has 0 radical (unpaired) electrons. The van der Waals surface area contributed by atoms with E-state index in [-0.39, 0.29) is 23.1 Å². The number of fused-ring (bicyclic) bond motifs is 4. The summed E-state index contributed by atoms with van der Waals surface area (Å²) in [5.41, 5.74) is 6.19. The second-order valence-electron chi connectivity index (χ2n) is 9.68. The molecule has 6 nitrogen and oxygen atoms in total. The lowest BCUT2D eigenvalue weighted by Crippen LogP contribution is -2.61. The highest BCUT2D eigenvalue weighted by Gasteiger charge is 2.72. The lowest BCUT2D eigenvalue weighted by molar-refractivity contribution is -0.127. The van der Waals surface area contributed by atoms with Crippen molar-refractivity contribution in [1.82, 2.24) is 0 Å². The summed E-state index contributed by atoms with van der Waals surface area (Å²) >= 11 is 0. The number of nitrogens with zero attached hydrogens (tertiary/aromatic N) is 4. The molecule has 2 N–H and O–H groups in total. The molecule has 2 aromatic rings. The minimum absolute atomic E-state index is 0.116. The largest absolute Gasteiger partial charge is 0.399 e. The van der Waals surface area contributed by atoms with Gasteiger partial charge in [-0.25, -0.2) is 0 Å². The van der Waals surface area contributed by atoms with Crippen LogP contribution in [0, 0.1) is 51.2 Å². The molecular weight excluding hydrogens is 434 g/mol. The van der Waals surface area contributed by atoms with Crippen LogP contribution in [0.15, 0.2) is 77.5 Å². The molecule has 5 rings (SSSR count). The highest BCUT2D eigenvalue weighted by atomic mass is 16.2. The molecule has 172 valence electrons. The number of hydrogen-bond acceptors (Lipinski definition) is 5. The molecule has 3 aliphatic rings. The average Bonchev–Trinajstić information content (AvgIpc) is 3.14. The smallest absolute Gasteiger partial charge is 0.241 e. The van der Waals surface area contributed by atoms with Gasteiger partial charge in [0.15, 0.2) is 0 Å². The molecule has 0 aromatic heterocycles. The van der Waals surface area contributed by atoms with Gasteiger partial charge in [-0.05, 0) is 47.9 Å². The first-order chi connectivity index (χ1) is 17.0. The van der Waals surface area contributed by atoms with Crippen molar-refractivity contribution in [3.8, 4) is 18.2 Å². The van der Waals surface area contributed by atoms with Gasteiger partial charge in [0, 0.05) is 18.2 Å². The Morgan fingerprint density at radius 1 is 1.06 bits per heavy atom. The second-order valence-corrected chi connectivity index (χ2v) is 9.68. The first-order valence-electron chi connectivity index (χ1n) is 11.8. The van der Waals surface area contributed by atoms with Crippen LogP contribution >= 0.6 is 0 Å². The molecule has 0 saturated heterocycles. The summed E-state index contributed by atoms with van der Waals surface area (Å²) in [5.74, 6) is -0.557. The maximum absolute atomic E-state index is 14.6. The van der Waals surface area contributed by atoms with Crippen molar-refractivity contribution >= 4 is 11.6 Å². The lowest BCUT2D eigenvalue weighted by atomic mass is 9.47. The number of carbonyl (C=O) groups excluding carboxylic acids is 1. The van der Waals surface area contributed by atoms with Gasteiger partial charge in [-0.15, -0.1) is 0 Å². The predicted molar refractivity (Wildman–Crippen MR) is 131 cm³/mol. The van der Waals surface area contributed by atoms with E-state index in [0.29, 0.717) is 36.2 Å². The average molecular weight is 460 g/mol. The molecule has 35 heavy (non-hydrogen) atoms. The zero-order valence-electron chi connectivity index (χ0n) is 19.5. The van der Waals surface area contributed by atoms with Crippen molar-refractivity contribution in [1.29, 1.82) is 15.8 Å². The van der Waals surface area contributed by atoms with E-state index in [1.807, 2.05) is 60.7 Å². The van der Waals surface area contributed by atoms with E-state index in [0.717, 1.165) is 12.0 Å². The van der Waals surface area contributed by atoms with Crippen LogP contribution in [0.2, 0.25) is 0 Å². The van der Waals surface area contributed by atoms with Gasteiger partial charge < -0.3 is 10.6 Å². The van der Waals surface area contributed by atoms with Crippen molar-refractivity contribution in [2.45, 2.75) is 31.6 Å². The zero-order valence-corrected chi connectivity index (χ0v) is 19.5. The third-order valence-corrected chi connectivity index (χ3v) is 7.95. The van der Waals surface area contributed by atoms with E-state index < -0.39 is 16.7 Å². The van der Waals surface area contributed by atoms with Gasteiger partial charge in [0.2, 0.25) is 11.3 Å². The molecule has 1 heterocycles. The first kappa shape index (κ1) is 22.5. The molecule has 0 unspecified atom stereocenters. The van der Waals surface area contributed by atoms with Crippen molar-refractivity contribution in [2.24, 2.45) is 23.0 Å². The number of carbonyl (C=O) groups is 1. The number of allylic oxidation sites excluding steroid dienone is 4. The first-order valence-corrected chi connectivity index (χ1v) is 11.8. The topological polar surface area (TPSA) is 118 Å². The summed E-state index contributed by atoms with van der Waals surface area (Å²) in [5, 5.41) is 31.1. The monoisotopic (exact) mass is 459 g/mol. The number of rotatable bonds is 3. The summed E-state index contributed by atoms with van der Waals surface area (Å²) in [6, 6.07) is 23.8. The fraction of sp³-hybridized carbons (Fsp3) is 0.310. The highest BCUT2D eigenvalue weighted by Crippen LogP contribution is 2.64. The second kappa shape index (κ2) is 8.15. The van der Waals surface area contributed by atoms with E-state index in [1.54, 1.807) is 4.90 Å². The maximum Gasteiger partial charge on any atom is 0.241 e. The van der Waals surface area contributed by atoms with Gasteiger partial charge in [0.25, 0.3) is 0 Å². The quantitative estimate of drug-likeness (QED) is 0.735. The molecule has 0 saturated carbocycles. The Labute approximate surface area is 205 Å². The molecule has 6 heteroatoms. The molecule has 0 bridgehead atoms. The van der Waals surface area contributed by atoms with E-state index in [1.165, 1.54) is 0 Å². The van der Waals surface area contributed by atoms with Crippen LogP contribution in [-0.4, -0.2) is 12.5 Å². The summed E-state index contributed by atoms with van der Waals surface area (Å²) in [7, 11) is 0. The van der Waals surface area contributed by atoms with Gasteiger partial charge in [-0.3, -0.25) is 4.79 Å². The fourth-order valence-corrected chi connectivity index (χ4v) is 6.33. The Bertz CT molecular complexity index is 1390. The number of nitrogens with two attached hydrogens (primary N) is 1. The lowest BCUT2D eigenvalue weighted by Gasteiger charge is -2.50. The van der Waals surface area contributed by atoms with Crippen molar-refractivity contribution < 1.29 is 4.79 Å². The number of amides is 1. The number of benzene rings is 2. The summed E-state index contributed by atoms with van der Waals surface area (Å²) in [6.45, 7) is 2.50. The molecule has 1 spiro atoms. The third kappa shape index (κ3) is 2.82. The van der Waals surface area contributed by atoms with Gasteiger partial charge in [-0.2, -0.15) is 15.8 Å².